The zero-order valence-electron chi connectivity index (χ0n) is 8.05. The van der Waals surface area contributed by atoms with Crippen LogP contribution in [0.15, 0.2) is 0 Å². The molecule has 72 valence electrons. The van der Waals surface area contributed by atoms with Crippen LogP contribution in [0.5, 0.6) is 0 Å². The van der Waals surface area contributed by atoms with E-state index in [9.17, 15) is 4.79 Å². The molecule has 3 nitrogen and oxygen atoms in total. The Morgan fingerprint density at radius 1 is 1.46 bits per heavy atom. The van der Waals surface area contributed by atoms with Crippen LogP contribution in [0, 0.1) is 22.7 Å². The van der Waals surface area contributed by atoms with E-state index in [0.29, 0.717) is 0 Å². The molecule has 0 radical (unpaired) electrons. The van der Waals surface area contributed by atoms with Crippen LogP contribution in [0.2, 0.25) is 0 Å². The first kappa shape index (κ1) is 10.0. The van der Waals surface area contributed by atoms with Gasteiger partial charge in [-0.15, -0.1) is 0 Å². The van der Waals surface area contributed by atoms with Crippen molar-refractivity contribution in [2.45, 2.75) is 39.0 Å². The van der Waals surface area contributed by atoms with E-state index in [4.69, 9.17) is 11.0 Å². The van der Waals surface area contributed by atoms with Gasteiger partial charge in [-0.3, -0.25) is 4.79 Å². The van der Waals surface area contributed by atoms with Crippen LogP contribution < -0.4 is 5.73 Å². The number of hydrogen-bond donors (Lipinski definition) is 1. The first-order valence-corrected chi connectivity index (χ1v) is 4.79. The van der Waals surface area contributed by atoms with Gasteiger partial charge in [0, 0.05) is 0 Å². The molecule has 0 aliphatic heterocycles. The van der Waals surface area contributed by atoms with Crippen LogP contribution in [-0.4, -0.2) is 5.91 Å². The highest BCUT2D eigenvalue weighted by atomic mass is 16.1. The molecule has 0 aromatic heterocycles. The van der Waals surface area contributed by atoms with Crippen molar-refractivity contribution in [2.75, 3.05) is 0 Å². The van der Waals surface area contributed by atoms with Crippen molar-refractivity contribution in [3.8, 4) is 6.07 Å². The van der Waals surface area contributed by atoms with Crippen molar-refractivity contribution in [3.63, 3.8) is 0 Å². The Morgan fingerprint density at radius 2 is 2.00 bits per heavy atom. The van der Waals surface area contributed by atoms with Gasteiger partial charge in [0.1, 0.15) is 5.92 Å². The second-order valence-electron chi connectivity index (χ2n) is 4.18. The van der Waals surface area contributed by atoms with Crippen LogP contribution in [0.3, 0.4) is 0 Å². The summed E-state index contributed by atoms with van der Waals surface area (Å²) < 4.78 is 0. The molecule has 0 saturated heterocycles. The number of nitrogens with two attached hydrogens (primary N) is 1. The van der Waals surface area contributed by atoms with E-state index in [0.717, 1.165) is 25.7 Å². The maximum atomic E-state index is 11.0. The van der Waals surface area contributed by atoms with Gasteiger partial charge in [-0.2, -0.15) is 5.26 Å². The molecule has 2 N–H and O–H groups in total. The summed E-state index contributed by atoms with van der Waals surface area (Å²) in [6, 6.07) is 2.04. The summed E-state index contributed by atoms with van der Waals surface area (Å²) in [5, 5.41) is 8.86. The van der Waals surface area contributed by atoms with E-state index in [1.807, 2.05) is 13.0 Å². The molecule has 1 aliphatic carbocycles. The molecule has 1 fully saturated rings. The standard InChI is InChI=1S/C10H16N2O/c1-10(5-3-2-4-6-10)8(7-11)9(12)13/h8H,2-6H2,1H3,(H2,12,13). The molecule has 0 heterocycles. The fourth-order valence-corrected chi connectivity index (χ4v) is 2.21. The molecule has 1 aliphatic rings. The highest BCUT2D eigenvalue weighted by molar-refractivity contribution is 5.80. The van der Waals surface area contributed by atoms with Gasteiger partial charge in [-0.25, -0.2) is 0 Å². The number of carbonyl (C=O) groups is 1. The average molecular weight is 180 g/mol. The first-order chi connectivity index (χ1) is 6.10. The average Bonchev–Trinajstić information content (AvgIpc) is 2.05. The van der Waals surface area contributed by atoms with Gasteiger partial charge < -0.3 is 5.73 Å². The quantitative estimate of drug-likeness (QED) is 0.701. The smallest absolute Gasteiger partial charge is 0.235 e. The number of nitriles is 1. The van der Waals surface area contributed by atoms with E-state index in [2.05, 4.69) is 0 Å². The number of rotatable bonds is 2. The molecular formula is C10H16N2O. The van der Waals surface area contributed by atoms with E-state index in [-0.39, 0.29) is 5.41 Å². The number of amides is 1. The fourth-order valence-electron chi connectivity index (χ4n) is 2.21. The molecule has 0 spiro atoms. The molecule has 1 rings (SSSR count). The first-order valence-electron chi connectivity index (χ1n) is 4.79. The topological polar surface area (TPSA) is 66.9 Å². The molecule has 13 heavy (non-hydrogen) atoms. The number of hydrogen-bond acceptors (Lipinski definition) is 2. The molecule has 0 aromatic rings. The summed E-state index contributed by atoms with van der Waals surface area (Å²) in [6.45, 7) is 2.00. The second kappa shape index (κ2) is 3.78. The minimum Gasteiger partial charge on any atom is -0.369 e. The van der Waals surface area contributed by atoms with Gasteiger partial charge in [0.05, 0.1) is 6.07 Å². The zero-order valence-corrected chi connectivity index (χ0v) is 8.05. The Bertz CT molecular complexity index is 236. The summed E-state index contributed by atoms with van der Waals surface area (Å²) in [7, 11) is 0. The van der Waals surface area contributed by atoms with Crippen molar-refractivity contribution in [3.05, 3.63) is 0 Å². The van der Waals surface area contributed by atoms with Crippen LogP contribution in [0.25, 0.3) is 0 Å². The Kier molecular flexibility index (Phi) is 2.92. The summed E-state index contributed by atoms with van der Waals surface area (Å²) in [6.07, 6.45) is 5.35. The third-order valence-electron chi connectivity index (χ3n) is 3.11. The van der Waals surface area contributed by atoms with Crippen LogP contribution >= 0.6 is 0 Å². The van der Waals surface area contributed by atoms with Crippen molar-refractivity contribution in [2.24, 2.45) is 17.1 Å². The van der Waals surface area contributed by atoms with E-state index in [1.165, 1.54) is 6.42 Å². The summed E-state index contributed by atoms with van der Waals surface area (Å²) >= 11 is 0. The minimum atomic E-state index is -0.604. The van der Waals surface area contributed by atoms with Crippen LogP contribution in [-0.2, 0) is 4.79 Å². The molecule has 1 atom stereocenters. The zero-order chi connectivity index (χ0) is 9.90. The molecule has 0 bridgehead atoms. The summed E-state index contributed by atoms with van der Waals surface area (Å²) in [4.78, 5) is 11.0. The van der Waals surface area contributed by atoms with Crippen molar-refractivity contribution >= 4 is 5.91 Å². The molecule has 1 unspecified atom stereocenters. The van der Waals surface area contributed by atoms with Gasteiger partial charge in [-0.05, 0) is 18.3 Å². The van der Waals surface area contributed by atoms with Gasteiger partial charge >= 0.3 is 0 Å². The number of nitrogens with zero attached hydrogens (tertiary/aromatic N) is 1. The number of carbonyl (C=O) groups excluding carboxylic acids is 1. The Balaban J connectivity index is 2.76. The lowest BCUT2D eigenvalue weighted by Gasteiger charge is -2.35. The third kappa shape index (κ3) is 2.00. The largest absolute Gasteiger partial charge is 0.369 e. The van der Waals surface area contributed by atoms with Gasteiger partial charge in [0.2, 0.25) is 5.91 Å². The molecule has 3 heteroatoms. The number of primary amides is 1. The summed E-state index contributed by atoms with van der Waals surface area (Å²) in [5.74, 6) is -1.07. The van der Waals surface area contributed by atoms with Crippen LogP contribution in [0.1, 0.15) is 39.0 Å². The van der Waals surface area contributed by atoms with E-state index >= 15 is 0 Å². The van der Waals surface area contributed by atoms with Gasteiger partial charge in [0.15, 0.2) is 0 Å². The highest BCUT2D eigenvalue weighted by Crippen LogP contribution is 2.41. The third-order valence-corrected chi connectivity index (χ3v) is 3.11. The maximum Gasteiger partial charge on any atom is 0.235 e. The van der Waals surface area contributed by atoms with E-state index < -0.39 is 11.8 Å². The van der Waals surface area contributed by atoms with Crippen molar-refractivity contribution < 1.29 is 4.79 Å². The lowest BCUT2D eigenvalue weighted by molar-refractivity contribution is -0.124. The maximum absolute atomic E-state index is 11.0. The fraction of sp³-hybridized carbons (Fsp3) is 0.800. The normalized spacial score (nSPS) is 23.1. The Morgan fingerprint density at radius 3 is 2.38 bits per heavy atom. The molecule has 1 saturated carbocycles. The van der Waals surface area contributed by atoms with Gasteiger partial charge in [-0.1, -0.05) is 26.2 Å². The monoisotopic (exact) mass is 180 g/mol. The van der Waals surface area contributed by atoms with Crippen LogP contribution in [0.4, 0.5) is 0 Å². The lowest BCUT2D eigenvalue weighted by atomic mass is 9.67. The predicted molar refractivity (Wildman–Crippen MR) is 49.5 cm³/mol. The molecule has 1 amide bonds. The Hall–Kier alpha value is -1.04. The molecular weight excluding hydrogens is 164 g/mol. The molecule has 0 aromatic carbocycles. The SMILES string of the molecule is CC1(C(C#N)C(N)=O)CCCCC1. The van der Waals surface area contributed by atoms with Crippen molar-refractivity contribution in [1.82, 2.24) is 0 Å². The van der Waals surface area contributed by atoms with Gasteiger partial charge in [0.25, 0.3) is 0 Å². The lowest BCUT2D eigenvalue weighted by Crippen LogP contribution is -2.38. The predicted octanol–water partition coefficient (Wildman–Crippen LogP) is 1.58. The van der Waals surface area contributed by atoms with E-state index in [1.54, 1.807) is 0 Å². The summed E-state index contributed by atoms with van der Waals surface area (Å²) in [5.41, 5.74) is 5.03. The Labute approximate surface area is 78.9 Å². The highest BCUT2D eigenvalue weighted by Gasteiger charge is 2.38. The minimum absolute atomic E-state index is 0.168. The van der Waals surface area contributed by atoms with Crippen molar-refractivity contribution in [1.29, 1.82) is 5.26 Å². The second-order valence-corrected chi connectivity index (χ2v) is 4.18.